The third kappa shape index (κ3) is 3.01. The van der Waals surface area contributed by atoms with Crippen LogP contribution in [0.3, 0.4) is 0 Å². The largest absolute Gasteiger partial charge is 0.393 e. The number of nitrogens with one attached hydrogen (secondary N) is 1. The molecule has 2 aliphatic rings. The number of aliphatic hydroxyl groups excluding tert-OH is 1. The molecule has 2 atom stereocenters. The first-order chi connectivity index (χ1) is 9.22. The molecule has 0 aromatic heterocycles. The number of hydrogen-bond acceptors (Lipinski definition) is 2. The fourth-order valence-corrected chi connectivity index (χ4v) is 3.65. The molecule has 2 saturated carbocycles. The second-order valence-corrected chi connectivity index (χ2v) is 6.46. The van der Waals surface area contributed by atoms with Gasteiger partial charge in [0.25, 0.3) is 0 Å². The second kappa shape index (κ2) is 5.64. The van der Waals surface area contributed by atoms with Gasteiger partial charge < -0.3 is 10.4 Å². The first kappa shape index (κ1) is 13.1. The second-order valence-electron chi connectivity index (χ2n) is 6.46. The van der Waals surface area contributed by atoms with Gasteiger partial charge in [0.15, 0.2) is 0 Å². The van der Waals surface area contributed by atoms with E-state index in [1.165, 1.54) is 30.4 Å². The molecule has 2 aliphatic carbocycles. The van der Waals surface area contributed by atoms with E-state index >= 15 is 0 Å². The molecule has 0 bridgehead atoms. The minimum Gasteiger partial charge on any atom is -0.393 e. The van der Waals surface area contributed by atoms with Crippen LogP contribution in [0.5, 0.6) is 0 Å². The molecular formula is C17H25NO. The van der Waals surface area contributed by atoms with Gasteiger partial charge in [-0.2, -0.15) is 0 Å². The van der Waals surface area contributed by atoms with E-state index in [1.54, 1.807) is 0 Å². The zero-order valence-electron chi connectivity index (χ0n) is 11.8. The van der Waals surface area contributed by atoms with Gasteiger partial charge in [0.05, 0.1) is 6.10 Å². The molecule has 2 nitrogen and oxygen atoms in total. The van der Waals surface area contributed by atoms with Crippen LogP contribution in [0.2, 0.25) is 0 Å². The van der Waals surface area contributed by atoms with E-state index < -0.39 is 0 Å². The zero-order chi connectivity index (χ0) is 13.2. The van der Waals surface area contributed by atoms with E-state index in [1.807, 2.05) is 0 Å². The van der Waals surface area contributed by atoms with Gasteiger partial charge in [0, 0.05) is 6.04 Å². The Morgan fingerprint density at radius 1 is 1.16 bits per heavy atom. The lowest BCUT2D eigenvalue weighted by Gasteiger charge is -2.37. The highest BCUT2D eigenvalue weighted by atomic mass is 16.3. The number of aryl methyl sites for hydroxylation is 1. The predicted octanol–water partition coefficient (Wildman–Crippen LogP) is 2.99. The normalized spacial score (nSPS) is 34.2. The summed E-state index contributed by atoms with van der Waals surface area (Å²) in [6, 6.07) is 9.48. The lowest BCUT2D eigenvalue weighted by Crippen LogP contribution is -2.42. The molecular weight excluding hydrogens is 234 g/mol. The molecule has 1 aromatic carbocycles. The summed E-state index contributed by atoms with van der Waals surface area (Å²) in [4.78, 5) is 0. The summed E-state index contributed by atoms with van der Waals surface area (Å²) in [6.07, 6.45) is 5.72. The van der Waals surface area contributed by atoms with Crippen molar-refractivity contribution in [2.75, 3.05) is 6.54 Å². The fourth-order valence-electron chi connectivity index (χ4n) is 3.65. The van der Waals surface area contributed by atoms with Crippen LogP contribution in [0.4, 0.5) is 0 Å². The summed E-state index contributed by atoms with van der Waals surface area (Å²) in [5.74, 6) is 1.46. The van der Waals surface area contributed by atoms with Crippen molar-refractivity contribution in [3.05, 3.63) is 35.4 Å². The van der Waals surface area contributed by atoms with Crippen LogP contribution in [0, 0.1) is 12.8 Å². The molecule has 2 heteroatoms. The molecule has 2 N–H and O–H groups in total. The van der Waals surface area contributed by atoms with Crippen molar-refractivity contribution in [3.63, 3.8) is 0 Å². The van der Waals surface area contributed by atoms with Crippen molar-refractivity contribution in [1.29, 1.82) is 0 Å². The molecule has 1 aromatic rings. The average molecular weight is 259 g/mol. The molecule has 0 amide bonds. The Labute approximate surface area is 116 Å². The maximum atomic E-state index is 9.53. The fraction of sp³-hybridized carbons (Fsp3) is 0.647. The molecule has 0 aliphatic heterocycles. The van der Waals surface area contributed by atoms with Crippen molar-refractivity contribution < 1.29 is 5.11 Å². The minimum atomic E-state index is -0.0343. The van der Waals surface area contributed by atoms with Crippen molar-refractivity contribution in [1.82, 2.24) is 5.32 Å². The average Bonchev–Trinajstić information content (AvgIpc) is 2.75. The Morgan fingerprint density at radius 2 is 1.95 bits per heavy atom. The first-order valence-corrected chi connectivity index (χ1v) is 7.69. The highest BCUT2D eigenvalue weighted by Gasteiger charge is 2.31. The Morgan fingerprint density at radius 3 is 2.63 bits per heavy atom. The lowest BCUT2D eigenvalue weighted by molar-refractivity contribution is 0.175. The maximum absolute atomic E-state index is 9.53. The van der Waals surface area contributed by atoms with E-state index in [-0.39, 0.29) is 6.10 Å². The van der Waals surface area contributed by atoms with Gasteiger partial charge in [-0.15, -0.1) is 0 Å². The van der Waals surface area contributed by atoms with Crippen LogP contribution < -0.4 is 5.32 Å². The molecule has 2 unspecified atom stereocenters. The SMILES string of the molecule is Cc1ccccc1C1CC(NCC2CCC(O)C2)C1. The molecule has 2 fully saturated rings. The predicted molar refractivity (Wildman–Crippen MR) is 78.3 cm³/mol. The van der Waals surface area contributed by atoms with Gasteiger partial charge in [-0.25, -0.2) is 0 Å². The zero-order valence-corrected chi connectivity index (χ0v) is 11.8. The van der Waals surface area contributed by atoms with Crippen LogP contribution in [0.15, 0.2) is 24.3 Å². The highest BCUT2D eigenvalue weighted by Crippen LogP contribution is 2.38. The molecule has 0 radical (unpaired) electrons. The highest BCUT2D eigenvalue weighted by molar-refractivity contribution is 5.31. The Kier molecular flexibility index (Phi) is 3.90. The van der Waals surface area contributed by atoms with Gasteiger partial charge in [-0.3, -0.25) is 0 Å². The maximum Gasteiger partial charge on any atom is 0.0543 e. The molecule has 3 rings (SSSR count). The van der Waals surface area contributed by atoms with Crippen LogP contribution in [0.25, 0.3) is 0 Å². The third-order valence-electron chi connectivity index (χ3n) is 4.98. The Balaban J connectivity index is 1.42. The van der Waals surface area contributed by atoms with Crippen LogP contribution >= 0.6 is 0 Å². The Hall–Kier alpha value is -0.860. The molecule has 0 saturated heterocycles. The first-order valence-electron chi connectivity index (χ1n) is 7.69. The molecule has 0 spiro atoms. The standard InChI is InChI=1S/C17H25NO/c1-12-4-2-3-5-17(12)14-9-15(10-14)18-11-13-6-7-16(19)8-13/h2-5,13-16,18-19H,6-11H2,1H3. The number of aliphatic hydroxyl groups is 1. The third-order valence-corrected chi connectivity index (χ3v) is 4.98. The number of rotatable bonds is 4. The number of hydrogen-bond donors (Lipinski definition) is 2. The van der Waals surface area contributed by atoms with Crippen molar-refractivity contribution >= 4 is 0 Å². The van der Waals surface area contributed by atoms with E-state index in [4.69, 9.17) is 0 Å². The van der Waals surface area contributed by atoms with Crippen LogP contribution in [-0.4, -0.2) is 23.8 Å². The summed E-state index contributed by atoms with van der Waals surface area (Å²) >= 11 is 0. The minimum absolute atomic E-state index is 0.0343. The monoisotopic (exact) mass is 259 g/mol. The number of benzene rings is 1. The van der Waals surface area contributed by atoms with E-state index in [9.17, 15) is 5.11 Å². The lowest BCUT2D eigenvalue weighted by atomic mass is 9.74. The quantitative estimate of drug-likeness (QED) is 0.871. The van der Waals surface area contributed by atoms with Crippen molar-refractivity contribution in [3.8, 4) is 0 Å². The Bertz CT molecular complexity index is 425. The van der Waals surface area contributed by atoms with E-state index in [2.05, 4.69) is 36.5 Å². The summed E-state index contributed by atoms with van der Waals surface area (Å²) < 4.78 is 0. The van der Waals surface area contributed by atoms with E-state index in [0.717, 1.165) is 25.3 Å². The van der Waals surface area contributed by atoms with Crippen LogP contribution in [-0.2, 0) is 0 Å². The smallest absolute Gasteiger partial charge is 0.0543 e. The van der Waals surface area contributed by atoms with Crippen molar-refractivity contribution in [2.45, 2.75) is 57.1 Å². The molecule has 104 valence electrons. The summed E-state index contributed by atoms with van der Waals surface area (Å²) in [7, 11) is 0. The van der Waals surface area contributed by atoms with Gasteiger partial charge >= 0.3 is 0 Å². The summed E-state index contributed by atoms with van der Waals surface area (Å²) in [5, 5.41) is 13.2. The van der Waals surface area contributed by atoms with Gasteiger partial charge in [0.2, 0.25) is 0 Å². The van der Waals surface area contributed by atoms with Gasteiger partial charge in [-0.1, -0.05) is 24.3 Å². The van der Waals surface area contributed by atoms with Crippen molar-refractivity contribution in [2.24, 2.45) is 5.92 Å². The van der Waals surface area contributed by atoms with Gasteiger partial charge in [0.1, 0.15) is 0 Å². The van der Waals surface area contributed by atoms with Gasteiger partial charge in [-0.05, 0) is 68.5 Å². The summed E-state index contributed by atoms with van der Waals surface area (Å²) in [5.41, 5.74) is 2.97. The van der Waals surface area contributed by atoms with Crippen LogP contribution in [0.1, 0.15) is 49.1 Å². The molecule has 19 heavy (non-hydrogen) atoms. The van der Waals surface area contributed by atoms with E-state index in [0.29, 0.717) is 12.0 Å². The summed E-state index contributed by atoms with van der Waals surface area (Å²) in [6.45, 7) is 3.32. The molecule has 0 heterocycles. The topological polar surface area (TPSA) is 32.3 Å².